The molecule has 8 heteroatoms. The molecule has 1 aromatic heterocycles. The Morgan fingerprint density at radius 1 is 1.25 bits per heavy atom. The van der Waals surface area contributed by atoms with E-state index in [9.17, 15) is 25.2 Å². The van der Waals surface area contributed by atoms with E-state index in [2.05, 4.69) is 0 Å². The number of aliphatic hydroxyl groups excluding tert-OH is 3. The van der Waals surface area contributed by atoms with Crippen LogP contribution in [0.4, 0.5) is 0 Å². The number of hydrogen-bond acceptors (Lipinski definition) is 8. The maximum absolute atomic E-state index is 11.3. The van der Waals surface area contributed by atoms with Gasteiger partial charge in [0, 0.05) is 17.5 Å². The lowest BCUT2D eigenvalue weighted by Crippen LogP contribution is -2.66. The third-order valence-electron chi connectivity index (χ3n) is 4.16. The van der Waals surface area contributed by atoms with Gasteiger partial charge < -0.3 is 34.3 Å². The summed E-state index contributed by atoms with van der Waals surface area (Å²) in [5, 5.41) is 40.2. The highest BCUT2D eigenvalue weighted by atomic mass is 16.7. The summed E-state index contributed by atoms with van der Waals surface area (Å²) >= 11 is 0. The van der Waals surface area contributed by atoms with E-state index < -0.39 is 42.4 Å². The summed E-state index contributed by atoms with van der Waals surface area (Å²) in [5.74, 6) is 0.228. The monoisotopic (exact) mass is 338 g/mol. The molecule has 1 aromatic carbocycles. The first kappa shape index (κ1) is 16.9. The minimum atomic E-state index is -1.83. The second kappa shape index (κ2) is 6.15. The molecule has 5 atom stereocenters. The van der Waals surface area contributed by atoms with Crippen molar-refractivity contribution in [2.45, 2.75) is 37.1 Å². The van der Waals surface area contributed by atoms with E-state index in [-0.39, 0.29) is 11.3 Å². The Kier molecular flexibility index (Phi) is 4.33. The van der Waals surface area contributed by atoms with Gasteiger partial charge in [-0.05, 0) is 25.1 Å². The smallest absolute Gasteiger partial charge is 0.336 e. The van der Waals surface area contributed by atoms with Gasteiger partial charge in [-0.1, -0.05) is 0 Å². The first-order valence-corrected chi connectivity index (χ1v) is 7.38. The third-order valence-corrected chi connectivity index (χ3v) is 4.16. The van der Waals surface area contributed by atoms with Crippen LogP contribution in [0, 0.1) is 0 Å². The zero-order chi connectivity index (χ0) is 17.5. The van der Waals surface area contributed by atoms with E-state index in [1.807, 2.05) is 0 Å². The Morgan fingerprint density at radius 2 is 1.96 bits per heavy atom. The van der Waals surface area contributed by atoms with Crippen molar-refractivity contribution in [2.75, 3.05) is 6.61 Å². The largest absolute Gasteiger partial charge is 0.462 e. The Labute approximate surface area is 136 Å². The summed E-state index contributed by atoms with van der Waals surface area (Å²) in [5.41, 5.74) is -2.05. The van der Waals surface area contributed by atoms with Gasteiger partial charge in [0.25, 0.3) is 0 Å². The molecule has 1 aliphatic heterocycles. The van der Waals surface area contributed by atoms with Crippen LogP contribution >= 0.6 is 0 Å². The Morgan fingerprint density at radius 3 is 2.67 bits per heavy atom. The minimum Gasteiger partial charge on any atom is -0.462 e. The molecule has 2 heterocycles. The van der Waals surface area contributed by atoms with E-state index in [0.717, 1.165) is 0 Å². The van der Waals surface area contributed by atoms with Crippen LogP contribution in [0.15, 0.2) is 39.5 Å². The SMILES string of the molecule is C[C@@]1(O)[C@H](O)[C@@H](O)[C@@H](Oc2ccc3ccc(=O)oc3c2)O[C@@H]1CO. The first-order chi connectivity index (χ1) is 11.3. The minimum absolute atomic E-state index is 0.228. The van der Waals surface area contributed by atoms with Crippen LogP contribution in [-0.2, 0) is 4.74 Å². The van der Waals surface area contributed by atoms with Crippen LogP contribution < -0.4 is 10.4 Å². The maximum Gasteiger partial charge on any atom is 0.336 e. The third kappa shape index (κ3) is 2.90. The van der Waals surface area contributed by atoms with Crippen molar-refractivity contribution in [2.24, 2.45) is 0 Å². The van der Waals surface area contributed by atoms with E-state index in [4.69, 9.17) is 13.9 Å². The predicted molar refractivity (Wildman–Crippen MR) is 81.5 cm³/mol. The second-order valence-corrected chi connectivity index (χ2v) is 5.91. The molecule has 0 bridgehead atoms. The van der Waals surface area contributed by atoms with Crippen molar-refractivity contribution in [3.05, 3.63) is 40.8 Å². The van der Waals surface area contributed by atoms with Crippen LogP contribution in [0.3, 0.4) is 0 Å². The van der Waals surface area contributed by atoms with Crippen LogP contribution in [0.25, 0.3) is 11.0 Å². The first-order valence-electron chi connectivity index (χ1n) is 7.38. The van der Waals surface area contributed by atoms with E-state index >= 15 is 0 Å². The molecule has 0 aliphatic carbocycles. The van der Waals surface area contributed by atoms with Gasteiger partial charge in [-0.15, -0.1) is 0 Å². The van der Waals surface area contributed by atoms with Gasteiger partial charge in [-0.2, -0.15) is 0 Å². The molecule has 0 unspecified atom stereocenters. The van der Waals surface area contributed by atoms with Crippen LogP contribution in [0.2, 0.25) is 0 Å². The zero-order valence-corrected chi connectivity index (χ0v) is 12.8. The van der Waals surface area contributed by atoms with Crippen molar-refractivity contribution < 1.29 is 34.3 Å². The van der Waals surface area contributed by atoms with Gasteiger partial charge >= 0.3 is 5.63 Å². The summed E-state index contributed by atoms with van der Waals surface area (Å²) in [7, 11) is 0. The molecule has 0 radical (unpaired) electrons. The number of aliphatic hydroxyl groups is 4. The molecule has 1 saturated heterocycles. The van der Waals surface area contributed by atoms with Crippen molar-refractivity contribution >= 4 is 11.0 Å². The van der Waals surface area contributed by atoms with Crippen molar-refractivity contribution in [3.63, 3.8) is 0 Å². The highest BCUT2D eigenvalue weighted by molar-refractivity contribution is 5.77. The molecular weight excluding hydrogens is 320 g/mol. The van der Waals surface area contributed by atoms with E-state index in [1.165, 1.54) is 19.1 Å². The average Bonchev–Trinajstić information content (AvgIpc) is 2.55. The molecule has 1 aliphatic rings. The lowest BCUT2D eigenvalue weighted by Gasteiger charge is -2.45. The summed E-state index contributed by atoms with van der Waals surface area (Å²) in [6.45, 7) is 0.686. The topological polar surface area (TPSA) is 130 Å². The zero-order valence-electron chi connectivity index (χ0n) is 12.8. The fraction of sp³-hybridized carbons (Fsp3) is 0.438. The average molecular weight is 338 g/mol. The summed E-state index contributed by atoms with van der Waals surface area (Å²) in [4.78, 5) is 11.3. The second-order valence-electron chi connectivity index (χ2n) is 5.91. The number of ether oxygens (including phenoxy) is 2. The van der Waals surface area contributed by atoms with Crippen molar-refractivity contribution in [1.82, 2.24) is 0 Å². The number of benzene rings is 1. The van der Waals surface area contributed by atoms with Gasteiger partial charge in [-0.3, -0.25) is 0 Å². The summed E-state index contributed by atoms with van der Waals surface area (Å²) in [6, 6.07) is 7.56. The highest BCUT2D eigenvalue weighted by Crippen LogP contribution is 2.31. The van der Waals surface area contributed by atoms with Gasteiger partial charge in [0.1, 0.15) is 35.2 Å². The van der Waals surface area contributed by atoms with E-state index in [1.54, 1.807) is 18.2 Å². The standard InChI is InChI=1S/C16H18O8/c1-16(21)11(7-17)24-15(13(19)14(16)20)22-9-4-2-8-3-5-12(18)23-10(8)6-9/h2-6,11,13-15,17,19-21H,7H2,1H3/t11-,13-,14-,15+,16+/m1/s1. The Balaban J connectivity index is 1.86. The molecule has 0 saturated carbocycles. The molecule has 24 heavy (non-hydrogen) atoms. The molecule has 4 N–H and O–H groups in total. The molecule has 1 fully saturated rings. The molecule has 0 spiro atoms. The van der Waals surface area contributed by atoms with Crippen LogP contribution in [-0.4, -0.2) is 57.2 Å². The summed E-state index contributed by atoms with van der Waals surface area (Å²) < 4.78 is 15.9. The fourth-order valence-electron chi connectivity index (χ4n) is 2.64. The maximum atomic E-state index is 11.3. The quantitative estimate of drug-likeness (QED) is 0.544. The van der Waals surface area contributed by atoms with Gasteiger partial charge in [0.05, 0.1) is 6.61 Å². The van der Waals surface area contributed by atoms with Crippen molar-refractivity contribution in [3.8, 4) is 5.75 Å². The normalized spacial score (nSPS) is 33.5. The van der Waals surface area contributed by atoms with E-state index in [0.29, 0.717) is 5.39 Å². The van der Waals surface area contributed by atoms with Crippen molar-refractivity contribution in [1.29, 1.82) is 0 Å². The lowest BCUT2D eigenvalue weighted by atomic mass is 9.86. The molecule has 0 amide bonds. The number of rotatable bonds is 3. The Bertz CT molecular complexity index is 779. The van der Waals surface area contributed by atoms with Crippen LogP contribution in [0.5, 0.6) is 5.75 Å². The molecule has 3 rings (SSSR count). The lowest BCUT2D eigenvalue weighted by molar-refractivity contribution is -0.308. The fourth-order valence-corrected chi connectivity index (χ4v) is 2.64. The van der Waals surface area contributed by atoms with Gasteiger partial charge in [0.2, 0.25) is 6.29 Å². The molecular formula is C16H18O8. The highest BCUT2D eigenvalue weighted by Gasteiger charge is 2.52. The summed E-state index contributed by atoms with van der Waals surface area (Å²) in [6.07, 6.45) is -5.57. The van der Waals surface area contributed by atoms with Gasteiger partial charge in [-0.25, -0.2) is 4.79 Å². The predicted octanol–water partition coefficient (Wildman–Crippen LogP) is -0.638. The van der Waals surface area contributed by atoms with Crippen LogP contribution in [0.1, 0.15) is 6.92 Å². The number of fused-ring (bicyclic) bond motifs is 1. The molecule has 130 valence electrons. The molecule has 2 aromatic rings. The Hall–Kier alpha value is -1.97. The van der Waals surface area contributed by atoms with Gasteiger partial charge in [0.15, 0.2) is 0 Å². The molecule has 8 nitrogen and oxygen atoms in total. The number of hydrogen-bond donors (Lipinski definition) is 4.